The maximum Gasteiger partial charge on any atom is 0.137 e. The molecular weight excluding hydrogens is 321 g/mol. The van der Waals surface area contributed by atoms with Gasteiger partial charge in [-0.2, -0.15) is 0 Å². The Hall–Kier alpha value is -1.88. The first-order chi connectivity index (χ1) is 10.6. The highest BCUT2D eigenvalue weighted by atomic mass is 35.5. The fourth-order valence-corrected chi connectivity index (χ4v) is 2.77. The average Bonchev–Trinajstić information content (AvgIpc) is 2.51. The number of anilines is 1. The number of aliphatic hydroxyl groups excluding tert-OH is 1. The molecule has 0 amide bonds. The van der Waals surface area contributed by atoms with Gasteiger partial charge in [0, 0.05) is 22.0 Å². The van der Waals surface area contributed by atoms with E-state index in [1.807, 2.05) is 24.3 Å². The molecule has 0 radical (unpaired) electrons. The number of hydrogen-bond acceptors (Lipinski definition) is 4. The van der Waals surface area contributed by atoms with Crippen LogP contribution in [-0.2, 0) is 0 Å². The van der Waals surface area contributed by atoms with Crippen molar-refractivity contribution in [3.8, 4) is 0 Å². The van der Waals surface area contributed by atoms with Crippen molar-refractivity contribution in [2.75, 3.05) is 11.9 Å². The molecule has 4 nitrogen and oxygen atoms in total. The number of fused-ring (bicyclic) bond motifs is 1. The van der Waals surface area contributed by atoms with Crippen LogP contribution in [0.1, 0.15) is 11.7 Å². The third kappa shape index (κ3) is 3.30. The molecule has 1 atom stereocenters. The maximum absolute atomic E-state index is 10.3. The summed E-state index contributed by atoms with van der Waals surface area (Å²) in [4.78, 5) is 8.42. The van der Waals surface area contributed by atoms with Crippen molar-refractivity contribution >= 4 is 39.9 Å². The van der Waals surface area contributed by atoms with Crippen molar-refractivity contribution in [1.29, 1.82) is 0 Å². The Morgan fingerprint density at radius 2 is 1.77 bits per heavy atom. The highest BCUT2D eigenvalue weighted by Crippen LogP contribution is 2.24. The molecule has 2 aromatic carbocycles. The molecule has 3 aromatic rings. The summed E-state index contributed by atoms with van der Waals surface area (Å²) in [5.74, 6) is 0.678. The number of hydrogen-bond donors (Lipinski definition) is 2. The van der Waals surface area contributed by atoms with Crippen LogP contribution in [0.3, 0.4) is 0 Å². The summed E-state index contributed by atoms with van der Waals surface area (Å²) in [6.45, 7) is 0.289. The predicted octanol–water partition coefficient (Wildman–Crippen LogP) is 4.08. The fraction of sp³-hybridized carbons (Fsp3) is 0.125. The average molecular weight is 334 g/mol. The summed E-state index contributed by atoms with van der Waals surface area (Å²) in [5, 5.41) is 15.3. The molecule has 112 valence electrons. The van der Waals surface area contributed by atoms with Crippen molar-refractivity contribution in [2.45, 2.75) is 6.10 Å². The van der Waals surface area contributed by atoms with Gasteiger partial charge in [-0.25, -0.2) is 9.97 Å². The van der Waals surface area contributed by atoms with Crippen LogP contribution in [-0.4, -0.2) is 21.6 Å². The van der Waals surface area contributed by atoms with Gasteiger partial charge in [-0.3, -0.25) is 0 Å². The van der Waals surface area contributed by atoms with E-state index in [-0.39, 0.29) is 6.54 Å². The normalized spacial score (nSPS) is 12.3. The molecule has 2 N–H and O–H groups in total. The number of aromatic nitrogens is 2. The Morgan fingerprint density at radius 1 is 1.05 bits per heavy atom. The zero-order valence-electron chi connectivity index (χ0n) is 11.5. The largest absolute Gasteiger partial charge is 0.387 e. The summed E-state index contributed by atoms with van der Waals surface area (Å²) in [7, 11) is 0. The molecule has 0 saturated carbocycles. The van der Waals surface area contributed by atoms with Crippen molar-refractivity contribution in [2.24, 2.45) is 0 Å². The van der Waals surface area contributed by atoms with Gasteiger partial charge in [-0.05, 0) is 35.9 Å². The van der Waals surface area contributed by atoms with Gasteiger partial charge in [0.05, 0.1) is 11.6 Å². The molecule has 0 aliphatic carbocycles. The van der Waals surface area contributed by atoms with Crippen LogP contribution in [0.4, 0.5) is 5.82 Å². The number of para-hydroxylation sites is 1. The van der Waals surface area contributed by atoms with Crippen molar-refractivity contribution < 1.29 is 5.11 Å². The van der Waals surface area contributed by atoms with Gasteiger partial charge in [0.2, 0.25) is 0 Å². The van der Waals surface area contributed by atoms with Gasteiger partial charge in [0.25, 0.3) is 0 Å². The molecule has 0 saturated heterocycles. The summed E-state index contributed by atoms with van der Waals surface area (Å²) in [6.07, 6.45) is 0.748. The number of aliphatic hydroxyl groups is 1. The molecule has 1 aromatic heterocycles. The van der Waals surface area contributed by atoms with E-state index in [4.69, 9.17) is 23.2 Å². The monoisotopic (exact) mass is 333 g/mol. The molecule has 1 heterocycles. The lowest BCUT2D eigenvalue weighted by atomic mass is 10.1. The second-order valence-electron chi connectivity index (χ2n) is 4.84. The summed E-state index contributed by atoms with van der Waals surface area (Å²) >= 11 is 11.9. The van der Waals surface area contributed by atoms with Crippen LogP contribution >= 0.6 is 23.2 Å². The zero-order chi connectivity index (χ0) is 15.5. The topological polar surface area (TPSA) is 58.0 Å². The van der Waals surface area contributed by atoms with Crippen LogP contribution in [0.2, 0.25) is 10.0 Å². The molecule has 0 bridgehead atoms. The number of nitrogens with zero attached hydrogens (tertiary/aromatic N) is 2. The Kier molecular flexibility index (Phi) is 4.43. The standard InChI is InChI=1S/C16H13Cl2N3O/c17-11-5-10(6-12(18)7-11)15(22)8-19-16-13-3-1-2-4-14(13)20-9-21-16/h1-7,9,15,22H,8H2,(H,19,20,21). The van der Waals surface area contributed by atoms with Gasteiger partial charge in [0.15, 0.2) is 0 Å². The van der Waals surface area contributed by atoms with Gasteiger partial charge in [-0.15, -0.1) is 0 Å². The Bertz CT molecular complexity index is 785. The van der Waals surface area contributed by atoms with Crippen LogP contribution in [0.5, 0.6) is 0 Å². The second kappa shape index (κ2) is 6.48. The van der Waals surface area contributed by atoms with E-state index in [1.165, 1.54) is 6.33 Å². The van der Waals surface area contributed by atoms with E-state index in [1.54, 1.807) is 18.2 Å². The first-order valence-electron chi connectivity index (χ1n) is 6.71. The minimum absolute atomic E-state index is 0.289. The van der Waals surface area contributed by atoms with E-state index in [9.17, 15) is 5.11 Å². The maximum atomic E-state index is 10.3. The van der Waals surface area contributed by atoms with Gasteiger partial charge in [-0.1, -0.05) is 35.3 Å². The van der Waals surface area contributed by atoms with E-state index in [0.29, 0.717) is 21.4 Å². The number of halogens is 2. The highest BCUT2D eigenvalue weighted by Gasteiger charge is 2.11. The van der Waals surface area contributed by atoms with Crippen molar-refractivity contribution in [3.05, 3.63) is 64.4 Å². The lowest BCUT2D eigenvalue weighted by Crippen LogP contribution is -2.13. The summed E-state index contributed by atoms with van der Waals surface area (Å²) in [5.41, 5.74) is 1.50. The molecule has 0 aliphatic heterocycles. The Labute approximate surface area is 137 Å². The quantitative estimate of drug-likeness (QED) is 0.755. The van der Waals surface area contributed by atoms with Crippen LogP contribution in [0.25, 0.3) is 10.9 Å². The number of benzene rings is 2. The van der Waals surface area contributed by atoms with Crippen molar-refractivity contribution in [3.63, 3.8) is 0 Å². The van der Waals surface area contributed by atoms with E-state index in [0.717, 1.165) is 10.9 Å². The van der Waals surface area contributed by atoms with Crippen LogP contribution in [0, 0.1) is 0 Å². The molecule has 0 spiro atoms. The summed E-state index contributed by atoms with van der Waals surface area (Å²) < 4.78 is 0. The minimum Gasteiger partial charge on any atom is -0.387 e. The van der Waals surface area contributed by atoms with Crippen LogP contribution < -0.4 is 5.32 Å². The Balaban J connectivity index is 1.79. The smallest absolute Gasteiger partial charge is 0.137 e. The second-order valence-corrected chi connectivity index (χ2v) is 5.71. The van der Waals surface area contributed by atoms with E-state index in [2.05, 4.69) is 15.3 Å². The van der Waals surface area contributed by atoms with Gasteiger partial charge < -0.3 is 10.4 Å². The molecule has 0 fully saturated rings. The molecule has 6 heteroatoms. The highest BCUT2D eigenvalue weighted by molar-refractivity contribution is 6.34. The van der Waals surface area contributed by atoms with Crippen molar-refractivity contribution in [1.82, 2.24) is 9.97 Å². The van der Waals surface area contributed by atoms with Gasteiger partial charge in [0.1, 0.15) is 12.1 Å². The van der Waals surface area contributed by atoms with E-state index >= 15 is 0 Å². The molecule has 22 heavy (non-hydrogen) atoms. The number of nitrogens with one attached hydrogen (secondary N) is 1. The SMILES string of the molecule is OC(CNc1ncnc2ccccc12)c1cc(Cl)cc(Cl)c1. The molecule has 3 rings (SSSR count). The minimum atomic E-state index is -0.745. The third-order valence-electron chi connectivity index (χ3n) is 3.28. The number of rotatable bonds is 4. The third-order valence-corrected chi connectivity index (χ3v) is 3.71. The van der Waals surface area contributed by atoms with Crippen LogP contribution in [0.15, 0.2) is 48.8 Å². The first kappa shape index (κ1) is 15.0. The lowest BCUT2D eigenvalue weighted by Gasteiger charge is -2.14. The molecular formula is C16H13Cl2N3O. The molecule has 0 aliphatic rings. The fourth-order valence-electron chi connectivity index (χ4n) is 2.22. The first-order valence-corrected chi connectivity index (χ1v) is 7.47. The Morgan fingerprint density at radius 3 is 2.55 bits per heavy atom. The van der Waals surface area contributed by atoms with Gasteiger partial charge >= 0.3 is 0 Å². The predicted molar refractivity (Wildman–Crippen MR) is 89.4 cm³/mol. The summed E-state index contributed by atoms with van der Waals surface area (Å²) in [6, 6.07) is 12.7. The lowest BCUT2D eigenvalue weighted by molar-refractivity contribution is 0.191. The molecule has 1 unspecified atom stereocenters. The van der Waals surface area contributed by atoms with E-state index < -0.39 is 6.10 Å². The zero-order valence-corrected chi connectivity index (χ0v) is 13.0.